The van der Waals surface area contributed by atoms with Crippen molar-refractivity contribution in [2.24, 2.45) is 0 Å². The number of anilines is 2. The highest BCUT2D eigenvalue weighted by Gasteiger charge is 2.31. The number of fused-ring (bicyclic) bond motifs is 1. The molecule has 1 aliphatic heterocycles. The van der Waals surface area contributed by atoms with Crippen LogP contribution in [0.3, 0.4) is 0 Å². The van der Waals surface area contributed by atoms with Crippen molar-refractivity contribution in [3.05, 3.63) is 42.0 Å². The Morgan fingerprint density at radius 2 is 1.88 bits per heavy atom. The smallest absolute Gasteiger partial charge is 0.479 e. The van der Waals surface area contributed by atoms with Gasteiger partial charge in [-0.3, -0.25) is 9.59 Å². The van der Waals surface area contributed by atoms with Gasteiger partial charge in [0.05, 0.1) is 17.1 Å². The molecule has 2 aromatic rings. The van der Waals surface area contributed by atoms with E-state index in [2.05, 4.69) is 15.4 Å². The lowest BCUT2D eigenvalue weighted by molar-refractivity contribution is -0.274. The normalized spacial score (nSPS) is 16.0. The minimum atomic E-state index is -4.84. The van der Waals surface area contributed by atoms with E-state index in [4.69, 9.17) is 4.74 Å². The molecule has 0 spiro atoms. The summed E-state index contributed by atoms with van der Waals surface area (Å²) in [6.07, 6.45) is -5.64. The Balaban J connectivity index is 1.70. The average Bonchev–Trinajstić information content (AvgIpc) is 2.69. The van der Waals surface area contributed by atoms with Crippen LogP contribution in [0.5, 0.6) is 11.5 Å². The molecule has 33 heavy (non-hydrogen) atoms. The van der Waals surface area contributed by atoms with Crippen molar-refractivity contribution in [1.29, 1.82) is 0 Å². The van der Waals surface area contributed by atoms with Crippen LogP contribution >= 0.6 is 0 Å². The summed E-state index contributed by atoms with van der Waals surface area (Å²) in [5, 5.41) is 5.03. The first kappa shape index (κ1) is 24.3. The zero-order valence-corrected chi connectivity index (χ0v) is 18.5. The number of aryl methyl sites for hydroxylation is 1. The van der Waals surface area contributed by atoms with Crippen molar-refractivity contribution in [1.82, 2.24) is 4.31 Å². The fourth-order valence-electron chi connectivity index (χ4n) is 3.02. The number of amides is 2. The van der Waals surface area contributed by atoms with E-state index in [0.29, 0.717) is 11.3 Å². The van der Waals surface area contributed by atoms with Gasteiger partial charge in [0.2, 0.25) is 15.9 Å². The topological polar surface area (TPSA) is 114 Å². The number of sulfonamides is 1. The zero-order valence-electron chi connectivity index (χ0n) is 17.7. The molecule has 0 radical (unpaired) electrons. The van der Waals surface area contributed by atoms with Crippen LogP contribution in [-0.4, -0.2) is 50.6 Å². The van der Waals surface area contributed by atoms with E-state index in [-0.39, 0.29) is 22.2 Å². The molecule has 0 saturated heterocycles. The molecule has 9 nitrogen and oxygen atoms in total. The number of nitrogens with one attached hydrogen (secondary N) is 2. The van der Waals surface area contributed by atoms with Crippen LogP contribution in [0.25, 0.3) is 0 Å². The summed E-state index contributed by atoms with van der Waals surface area (Å²) in [7, 11) is -2.91. The molecule has 0 fully saturated rings. The molecule has 1 heterocycles. The minimum absolute atomic E-state index is 0.103. The van der Waals surface area contributed by atoms with Crippen molar-refractivity contribution in [3.63, 3.8) is 0 Å². The molecule has 0 unspecified atom stereocenters. The standard InChI is InChI=1S/C20H20F3N3O6S/c1-11-8-15-16(31-12(2)19(28)25-15)9-17(11)33(29,30)26(3)10-18(27)24-13-4-6-14(7-5-13)32-20(21,22)23/h4-9,12H,10H2,1-3H3,(H,24,27)(H,25,28)/t12-/m0/s1. The van der Waals surface area contributed by atoms with Gasteiger partial charge < -0.3 is 20.1 Å². The van der Waals surface area contributed by atoms with Gasteiger partial charge in [-0.05, 0) is 49.7 Å². The molecule has 1 atom stereocenters. The number of rotatable bonds is 6. The average molecular weight is 487 g/mol. The number of carbonyl (C=O) groups excluding carboxylic acids is 2. The van der Waals surface area contributed by atoms with E-state index in [9.17, 15) is 31.2 Å². The number of hydrogen-bond donors (Lipinski definition) is 2. The largest absolute Gasteiger partial charge is 0.573 e. The molecular weight excluding hydrogens is 467 g/mol. The predicted octanol–water partition coefficient (Wildman–Crippen LogP) is 2.87. The summed E-state index contributed by atoms with van der Waals surface area (Å²) >= 11 is 0. The first-order chi connectivity index (χ1) is 15.3. The Labute approximate surface area is 187 Å². The van der Waals surface area contributed by atoms with Gasteiger partial charge in [-0.1, -0.05) is 0 Å². The second-order valence-corrected chi connectivity index (χ2v) is 9.26. The van der Waals surface area contributed by atoms with E-state index in [0.717, 1.165) is 16.4 Å². The van der Waals surface area contributed by atoms with Crippen molar-refractivity contribution in [2.45, 2.75) is 31.2 Å². The summed E-state index contributed by atoms with van der Waals surface area (Å²) in [6, 6.07) is 7.15. The van der Waals surface area contributed by atoms with Crippen LogP contribution < -0.4 is 20.1 Å². The molecule has 3 rings (SSSR count). The number of carbonyl (C=O) groups is 2. The van der Waals surface area contributed by atoms with E-state index in [1.807, 2.05) is 0 Å². The Morgan fingerprint density at radius 3 is 2.48 bits per heavy atom. The molecule has 0 bridgehead atoms. The van der Waals surface area contributed by atoms with Gasteiger partial charge in [-0.15, -0.1) is 13.2 Å². The summed E-state index contributed by atoms with van der Waals surface area (Å²) in [6.45, 7) is 2.49. The lowest BCUT2D eigenvalue weighted by Crippen LogP contribution is -2.36. The van der Waals surface area contributed by atoms with Crippen molar-refractivity contribution >= 4 is 33.2 Å². The molecule has 2 N–H and O–H groups in total. The number of benzene rings is 2. The van der Waals surface area contributed by atoms with Crippen LogP contribution in [-0.2, 0) is 19.6 Å². The molecule has 13 heteroatoms. The van der Waals surface area contributed by atoms with Crippen LogP contribution in [0.2, 0.25) is 0 Å². The third-order valence-corrected chi connectivity index (χ3v) is 6.58. The third kappa shape index (κ3) is 5.73. The van der Waals surface area contributed by atoms with Gasteiger partial charge in [0.15, 0.2) is 6.10 Å². The number of alkyl halides is 3. The SMILES string of the molecule is Cc1cc2c(cc1S(=O)(=O)N(C)CC(=O)Nc1ccc(OC(F)(F)F)cc1)O[C@@H](C)C(=O)N2. The molecular formula is C20H20F3N3O6S. The summed E-state index contributed by atoms with van der Waals surface area (Å²) < 4.78 is 72.8. The van der Waals surface area contributed by atoms with E-state index in [1.165, 1.54) is 45.2 Å². The van der Waals surface area contributed by atoms with Gasteiger partial charge >= 0.3 is 6.36 Å². The second kappa shape index (κ2) is 8.90. The maximum atomic E-state index is 13.0. The predicted molar refractivity (Wildman–Crippen MR) is 111 cm³/mol. The lowest BCUT2D eigenvalue weighted by atomic mass is 10.1. The molecule has 2 aromatic carbocycles. The summed E-state index contributed by atoms with van der Waals surface area (Å²) in [4.78, 5) is 24.0. The zero-order chi connectivity index (χ0) is 24.6. The van der Waals surface area contributed by atoms with Crippen molar-refractivity contribution < 1.29 is 40.7 Å². The quantitative estimate of drug-likeness (QED) is 0.648. The third-order valence-electron chi connectivity index (χ3n) is 4.63. The molecule has 0 saturated carbocycles. The van der Waals surface area contributed by atoms with Gasteiger partial charge in [0.25, 0.3) is 5.91 Å². The lowest BCUT2D eigenvalue weighted by Gasteiger charge is -2.25. The number of nitrogens with zero attached hydrogens (tertiary/aromatic N) is 1. The Kier molecular flexibility index (Phi) is 6.56. The monoisotopic (exact) mass is 487 g/mol. The molecule has 0 aromatic heterocycles. The fraction of sp³-hybridized carbons (Fsp3) is 0.300. The first-order valence-electron chi connectivity index (χ1n) is 9.50. The number of hydrogen-bond acceptors (Lipinski definition) is 6. The van der Waals surface area contributed by atoms with Crippen LogP contribution in [0, 0.1) is 6.92 Å². The van der Waals surface area contributed by atoms with Gasteiger partial charge in [0.1, 0.15) is 11.5 Å². The molecule has 1 aliphatic rings. The van der Waals surface area contributed by atoms with Crippen molar-refractivity contribution in [3.8, 4) is 11.5 Å². The van der Waals surface area contributed by atoms with E-state index in [1.54, 1.807) is 0 Å². The van der Waals surface area contributed by atoms with Gasteiger partial charge in [-0.25, -0.2) is 8.42 Å². The van der Waals surface area contributed by atoms with Crippen molar-refractivity contribution in [2.75, 3.05) is 24.2 Å². The Morgan fingerprint density at radius 1 is 1.24 bits per heavy atom. The number of likely N-dealkylation sites (N-methyl/N-ethyl adjacent to an activating group) is 1. The van der Waals surface area contributed by atoms with Crippen LogP contribution in [0.15, 0.2) is 41.3 Å². The fourth-order valence-corrected chi connectivity index (χ4v) is 4.36. The van der Waals surface area contributed by atoms with Crippen LogP contribution in [0.4, 0.5) is 24.5 Å². The first-order valence-corrected chi connectivity index (χ1v) is 10.9. The van der Waals surface area contributed by atoms with Gasteiger partial charge in [-0.2, -0.15) is 4.31 Å². The highest BCUT2D eigenvalue weighted by molar-refractivity contribution is 7.89. The minimum Gasteiger partial charge on any atom is -0.479 e. The van der Waals surface area contributed by atoms with Gasteiger partial charge in [0, 0.05) is 18.8 Å². The highest BCUT2D eigenvalue weighted by Crippen LogP contribution is 2.35. The Hall–Kier alpha value is -3.32. The highest BCUT2D eigenvalue weighted by atomic mass is 32.2. The maximum Gasteiger partial charge on any atom is 0.573 e. The molecule has 178 valence electrons. The molecule has 2 amide bonds. The van der Waals surface area contributed by atoms with E-state index < -0.39 is 40.7 Å². The summed E-state index contributed by atoms with van der Waals surface area (Å²) in [5.41, 5.74) is 0.830. The van der Waals surface area contributed by atoms with Crippen LogP contribution in [0.1, 0.15) is 12.5 Å². The molecule has 0 aliphatic carbocycles. The second-order valence-electron chi connectivity index (χ2n) is 7.24. The Bertz CT molecular complexity index is 1180. The summed E-state index contributed by atoms with van der Waals surface area (Å²) in [5.74, 6) is -1.34. The number of ether oxygens (including phenoxy) is 2. The maximum absolute atomic E-state index is 13.0. The number of halogens is 3. The van der Waals surface area contributed by atoms with E-state index >= 15 is 0 Å².